The van der Waals surface area contributed by atoms with Crippen molar-refractivity contribution in [3.05, 3.63) is 16.4 Å². The second-order valence-corrected chi connectivity index (χ2v) is 5.02. The van der Waals surface area contributed by atoms with Gasteiger partial charge in [-0.25, -0.2) is 0 Å². The minimum absolute atomic E-state index is 0.0471. The lowest BCUT2D eigenvalue weighted by atomic mass is 10.0. The van der Waals surface area contributed by atoms with Gasteiger partial charge in [0.1, 0.15) is 0 Å². The maximum Gasteiger partial charge on any atom is 0.0850 e. The summed E-state index contributed by atoms with van der Waals surface area (Å²) in [7, 11) is 0. The zero-order valence-electron chi connectivity index (χ0n) is 12.4. The van der Waals surface area contributed by atoms with Gasteiger partial charge in [-0.15, -0.1) is 0 Å². The standard InChI is InChI=1S/C14H26ClN3O/c1-5-11-14(15)12(18(7-3)17-11)9-10(16)13(6-2)19-8-4/h10,13H,5-9,16H2,1-4H3. The number of nitrogens with two attached hydrogens (primary N) is 1. The summed E-state index contributed by atoms with van der Waals surface area (Å²) < 4.78 is 7.63. The van der Waals surface area contributed by atoms with Crippen molar-refractivity contribution in [2.24, 2.45) is 5.73 Å². The van der Waals surface area contributed by atoms with E-state index < -0.39 is 0 Å². The van der Waals surface area contributed by atoms with Gasteiger partial charge in [0.2, 0.25) is 0 Å². The predicted molar refractivity (Wildman–Crippen MR) is 79.7 cm³/mol. The van der Waals surface area contributed by atoms with Gasteiger partial charge in [0.05, 0.1) is 22.5 Å². The molecule has 0 aliphatic heterocycles. The molecule has 2 unspecified atom stereocenters. The molecule has 110 valence electrons. The van der Waals surface area contributed by atoms with Crippen molar-refractivity contribution in [1.29, 1.82) is 0 Å². The maximum atomic E-state index is 6.40. The fraction of sp³-hybridized carbons (Fsp3) is 0.786. The van der Waals surface area contributed by atoms with E-state index in [1.54, 1.807) is 0 Å². The molecule has 0 saturated carbocycles. The lowest BCUT2D eigenvalue weighted by Crippen LogP contribution is -2.38. The van der Waals surface area contributed by atoms with Gasteiger partial charge in [0.25, 0.3) is 0 Å². The van der Waals surface area contributed by atoms with Gasteiger partial charge in [-0.3, -0.25) is 4.68 Å². The highest BCUT2D eigenvalue weighted by Gasteiger charge is 2.22. The molecule has 0 fully saturated rings. The molecular weight excluding hydrogens is 262 g/mol. The second-order valence-electron chi connectivity index (χ2n) is 4.65. The smallest absolute Gasteiger partial charge is 0.0850 e. The van der Waals surface area contributed by atoms with Crippen LogP contribution in [0.3, 0.4) is 0 Å². The number of rotatable bonds is 8. The van der Waals surface area contributed by atoms with Crippen molar-refractivity contribution in [1.82, 2.24) is 9.78 Å². The van der Waals surface area contributed by atoms with Crippen molar-refractivity contribution < 1.29 is 4.74 Å². The number of hydrogen-bond acceptors (Lipinski definition) is 3. The quantitative estimate of drug-likeness (QED) is 0.800. The van der Waals surface area contributed by atoms with Crippen LogP contribution in [0.5, 0.6) is 0 Å². The van der Waals surface area contributed by atoms with Crippen LogP contribution < -0.4 is 5.73 Å². The van der Waals surface area contributed by atoms with E-state index in [2.05, 4.69) is 25.9 Å². The largest absolute Gasteiger partial charge is 0.377 e. The molecule has 2 N–H and O–H groups in total. The summed E-state index contributed by atoms with van der Waals surface area (Å²) in [5.41, 5.74) is 8.25. The highest BCUT2D eigenvalue weighted by atomic mass is 35.5. The SMILES string of the molecule is CCOC(CC)C(N)Cc1c(Cl)c(CC)nn1CC. The topological polar surface area (TPSA) is 53.1 Å². The van der Waals surface area contributed by atoms with E-state index in [1.807, 2.05) is 11.6 Å². The molecule has 0 aliphatic rings. The van der Waals surface area contributed by atoms with Crippen LogP contribution in [0.1, 0.15) is 45.5 Å². The monoisotopic (exact) mass is 287 g/mol. The van der Waals surface area contributed by atoms with Crippen molar-refractivity contribution in [2.75, 3.05) is 6.61 Å². The number of aryl methyl sites for hydroxylation is 2. The van der Waals surface area contributed by atoms with E-state index in [-0.39, 0.29) is 12.1 Å². The van der Waals surface area contributed by atoms with Crippen molar-refractivity contribution in [3.63, 3.8) is 0 Å². The highest BCUT2D eigenvalue weighted by molar-refractivity contribution is 6.31. The number of nitrogens with zero attached hydrogens (tertiary/aromatic N) is 2. The molecule has 1 aromatic rings. The first-order valence-electron chi connectivity index (χ1n) is 7.20. The summed E-state index contributed by atoms with van der Waals surface area (Å²) in [6.45, 7) is 9.72. The summed E-state index contributed by atoms with van der Waals surface area (Å²) in [6.07, 6.45) is 2.54. The van der Waals surface area contributed by atoms with E-state index in [1.165, 1.54) is 0 Å². The Morgan fingerprint density at radius 3 is 2.47 bits per heavy atom. The zero-order valence-corrected chi connectivity index (χ0v) is 13.2. The molecule has 1 heterocycles. The number of hydrogen-bond donors (Lipinski definition) is 1. The molecule has 0 spiro atoms. The Labute approximate surface area is 121 Å². The Bertz CT molecular complexity index is 392. The maximum absolute atomic E-state index is 6.40. The summed E-state index contributed by atoms with van der Waals surface area (Å²) in [4.78, 5) is 0. The second kappa shape index (κ2) is 7.88. The van der Waals surface area contributed by atoms with E-state index >= 15 is 0 Å². The lowest BCUT2D eigenvalue weighted by molar-refractivity contribution is 0.0413. The third-order valence-corrected chi connectivity index (χ3v) is 3.82. The van der Waals surface area contributed by atoms with E-state index in [0.29, 0.717) is 13.0 Å². The summed E-state index contributed by atoms with van der Waals surface area (Å²) in [6, 6.07) is -0.0471. The number of halogens is 1. The van der Waals surface area contributed by atoms with Crippen LogP contribution in [0.15, 0.2) is 0 Å². The van der Waals surface area contributed by atoms with Gasteiger partial charge in [0.15, 0.2) is 0 Å². The first kappa shape index (κ1) is 16.5. The van der Waals surface area contributed by atoms with Crippen molar-refractivity contribution >= 4 is 11.6 Å². The fourth-order valence-electron chi connectivity index (χ4n) is 2.33. The molecular formula is C14H26ClN3O. The predicted octanol–water partition coefficient (Wildman–Crippen LogP) is 2.80. The summed E-state index contributed by atoms with van der Waals surface area (Å²) in [5.74, 6) is 0. The van der Waals surface area contributed by atoms with Gasteiger partial charge < -0.3 is 10.5 Å². The number of ether oxygens (including phenoxy) is 1. The lowest BCUT2D eigenvalue weighted by Gasteiger charge is -2.22. The van der Waals surface area contributed by atoms with Gasteiger partial charge in [0, 0.05) is 25.6 Å². The molecule has 5 heteroatoms. The summed E-state index contributed by atoms with van der Waals surface area (Å²) in [5, 5.41) is 5.29. The van der Waals surface area contributed by atoms with E-state index in [9.17, 15) is 0 Å². The van der Waals surface area contributed by atoms with Crippen molar-refractivity contribution in [2.45, 2.75) is 65.6 Å². The molecule has 0 saturated heterocycles. The van der Waals surface area contributed by atoms with Crippen LogP contribution in [-0.4, -0.2) is 28.5 Å². The zero-order chi connectivity index (χ0) is 14.4. The third-order valence-electron chi connectivity index (χ3n) is 3.38. The van der Waals surface area contributed by atoms with Gasteiger partial charge >= 0.3 is 0 Å². The molecule has 0 radical (unpaired) electrons. The first-order chi connectivity index (χ1) is 9.08. The molecule has 4 nitrogen and oxygen atoms in total. The van der Waals surface area contributed by atoms with Gasteiger partial charge in [-0.05, 0) is 26.7 Å². The van der Waals surface area contributed by atoms with Crippen LogP contribution in [0.2, 0.25) is 5.02 Å². The Hall–Kier alpha value is -0.580. The average molecular weight is 288 g/mol. The Kier molecular flexibility index (Phi) is 6.83. The van der Waals surface area contributed by atoms with Gasteiger partial charge in [-0.2, -0.15) is 5.10 Å². The fourth-order valence-corrected chi connectivity index (χ4v) is 2.67. The number of aromatic nitrogens is 2. The van der Waals surface area contributed by atoms with E-state index in [4.69, 9.17) is 22.1 Å². The average Bonchev–Trinajstić information content (AvgIpc) is 2.72. The normalized spacial score (nSPS) is 14.6. The Morgan fingerprint density at radius 1 is 1.32 bits per heavy atom. The van der Waals surface area contributed by atoms with Gasteiger partial charge in [-0.1, -0.05) is 25.4 Å². The first-order valence-corrected chi connectivity index (χ1v) is 7.57. The molecule has 2 atom stereocenters. The van der Waals surface area contributed by atoms with Crippen molar-refractivity contribution in [3.8, 4) is 0 Å². The molecule has 0 aliphatic carbocycles. The van der Waals surface area contributed by atoms with Crippen LogP contribution in [0.4, 0.5) is 0 Å². The third kappa shape index (κ3) is 3.94. The molecule has 0 bridgehead atoms. The van der Waals surface area contributed by atoms with E-state index in [0.717, 1.165) is 35.8 Å². The van der Waals surface area contributed by atoms with Crippen LogP contribution in [0, 0.1) is 0 Å². The highest BCUT2D eigenvalue weighted by Crippen LogP contribution is 2.23. The van der Waals surface area contributed by atoms with Crippen LogP contribution >= 0.6 is 11.6 Å². The molecule has 0 aromatic carbocycles. The van der Waals surface area contributed by atoms with Crippen LogP contribution in [-0.2, 0) is 24.1 Å². The minimum Gasteiger partial charge on any atom is -0.377 e. The molecule has 1 rings (SSSR count). The Balaban J connectivity index is 2.88. The Morgan fingerprint density at radius 2 is 2.00 bits per heavy atom. The molecule has 19 heavy (non-hydrogen) atoms. The molecule has 1 aromatic heterocycles. The molecule has 0 amide bonds. The van der Waals surface area contributed by atoms with Crippen LogP contribution in [0.25, 0.3) is 0 Å². The minimum atomic E-state index is -0.0471. The summed E-state index contributed by atoms with van der Waals surface area (Å²) >= 11 is 6.40.